The summed E-state index contributed by atoms with van der Waals surface area (Å²) in [5.74, 6) is 0.499. The first kappa shape index (κ1) is 16.7. The Kier molecular flexibility index (Phi) is 5.30. The summed E-state index contributed by atoms with van der Waals surface area (Å²) in [7, 11) is -1.23. The predicted octanol–water partition coefficient (Wildman–Crippen LogP) is 2.28. The molecule has 0 aliphatic carbocycles. The fourth-order valence-electron chi connectivity index (χ4n) is 2.61. The van der Waals surface area contributed by atoms with Crippen LogP contribution in [0.1, 0.15) is 25.0 Å². The Hall–Kier alpha value is -0.620. The molecule has 1 aliphatic rings. The molecule has 21 heavy (non-hydrogen) atoms. The second-order valence-electron chi connectivity index (χ2n) is 5.89. The van der Waals surface area contributed by atoms with E-state index in [1.807, 2.05) is 31.3 Å². The second kappa shape index (κ2) is 6.65. The van der Waals surface area contributed by atoms with Crippen LogP contribution in [-0.2, 0) is 21.7 Å². The van der Waals surface area contributed by atoms with E-state index in [4.69, 9.17) is 11.6 Å². The lowest BCUT2D eigenvalue weighted by Gasteiger charge is -2.41. The molecule has 118 valence electrons. The molecule has 2 unspecified atom stereocenters. The number of hydrogen-bond donors (Lipinski definition) is 0. The fraction of sp³-hybridized carbons (Fsp3) is 0.600. The lowest BCUT2D eigenvalue weighted by Crippen LogP contribution is -2.56. The van der Waals surface area contributed by atoms with Gasteiger partial charge in [0.25, 0.3) is 0 Å². The lowest BCUT2D eigenvalue weighted by atomic mass is 10.1. The van der Waals surface area contributed by atoms with E-state index in [-0.39, 0.29) is 17.8 Å². The Morgan fingerprint density at radius 1 is 1.10 bits per heavy atom. The van der Waals surface area contributed by atoms with Crippen molar-refractivity contribution in [2.75, 3.05) is 20.1 Å². The third-order valence-electron chi connectivity index (χ3n) is 4.25. The predicted molar refractivity (Wildman–Crippen MR) is 86.9 cm³/mol. The topological polar surface area (TPSA) is 40.6 Å². The van der Waals surface area contributed by atoms with Crippen LogP contribution in [0.2, 0.25) is 0 Å². The van der Waals surface area contributed by atoms with Gasteiger partial charge < -0.3 is 0 Å². The van der Waals surface area contributed by atoms with Gasteiger partial charge in [-0.05, 0) is 32.0 Å². The molecule has 0 bridgehead atoms. The first-order valence-corrected chi connectivity index (χ1v) is 9.31. The Balaban J connectivity index is 2.10. The van der Waals surface area contributed by atoms with Crippen LogP contribution in [0, 0.1) is 0 Å². The smallest absolute Gasteiger partial charge is 0.218 e. The van der Waals surface area contributed by atoms with E-state index in [2.05, 4.69) is 18.7 Å². The summed E-state index contributed by atoms with van der Waals surface area (Å²) in [5, 5.41) is 0. The second-order valence-corrected chi connectivity index (χ2v) is 8.12. The van der Waals surface area contributed by atoms with Crippen LogP contribution in [0.5, 0.6) is 0 Å². The molecule has 1 aromatic rings. The van der Waals surface area contributed by atoms with Crippen LogP contribution in [0.25, 0.3) is 0 Å². The number of rotatable bonds is 4. The van der Waals surface area contributed by atoms with Crippen molar-refractivity contribution < 1.29 is 8.42 Å². The zero-order valence-electron chi connectivity index (χ0n) is 12.8. The molecule has 4 nitrogen and oxygen atoms in total. The van der Waals surface area contributed by atoms with Crippen molar-refractivity contribution in [3.05, 3.63) is 35.4 Å². The third kappa shape index (κ3) is 3.97. The number of piperazine rings is 1. The van der Waals surface area contributed by atoms with Gasteiger partial charge >= 0.3 is 0 Å². The molecular formula is C15H23ClN2O2S. The van der Waals surface area contributed by atoms with Gasteiger partial charge in [-0.3, -0.25) is 4.90 Å². The standard InChI is InChI=1S/C15H23ClN2O2S/c1-12-9-18(10-13(2)17(12)3)21(19,20)11-15-6-4-14(8-16)5-7-15/h4-7,12-13H,8-11H2,1-3H3. The van der Waals surface area contributed by atoms with Crippen LogP contribution in [-0.4, -0.2) is 49.8 Å². The van der Waals surface area contributed by atoms with Crippen molar-refractivity contribution in [3.8, 4) is 0 Å². The number of nitrogens with zero attached hydrogens (tertiary/aromatic N) is 2. The summed E-state index contributed by atoms with van der Waals surface area (Å²) in [6.45, 7) is 5.24. The normalized spacial score (nSPS) is 25.1. The molecule has 1 aliphatic heterocycles. The SMILES string of the molecule is CC1CN(S(=O)(=O)Cc2ccc(CCl)cc2)CC(C)N1C. The quantitative estimate of drug-likeness (QED) is 0.795. The Labute approximate surface area is 132 Å². The van der Waals surface area contributed by atoms with Crippen molar-refractivity contribution in [1.29, 1.82) is 0 Å². The maximum Gasteiger partial charge on any atom is 0.218 e. The molecule has 1 aromatic carbocycles. The molecule has 2 atom stereocenters. The first-order valence-electron chi connectivity index (χ1n) is 7.17. The van der Waals surface area contributed by atoms with Gasteiger partial charge in [0.15, 0.2) is 0 Å². The van der Waals surface area contributed by atoms with E-state index in [1.54, 1.807) is 4.31 Å². The van der Waals surface area contributed by atoms with E-state index in [0.29, 0.717) is 19.0 Å². The monoisotopic (exact) mass is 330 g/mol. The highest BCUT2D eigenvalue weighted by Gasteiger charge is 2.33. The third-order valence-corrected chi connectivity index (χ3v) is 6.34. The minimum atomic E-state index is -3.27. The molecule has 0 radical (unpaired) electrons. The maximum atomic E-state index is 12.6. The summed E-state index contributed by atoms with van der Waals surface area (Å²) < 4.78 is 26.8. The highest BCUT2D eigenvalue weighted by Crippen LogP contribution is 2.19. The van der Waals surface area contributed by atoms with Gasteiger partial charge in [-0.25, -0.2) is 8.42 Å². The molecule has 0 N–H and O–H groups in total. The van der Waals surface area contributed by atoms with Gasteiger partial charge in [0, 0.05) is 31.1 Å². The van der Waals surface area contributed by atoms with Crippen LogP contribution in [0.4, 0.5) is 0 Å². The van der Waals surface area contributed by atoms with Crippen molar-refractivity contribution in [1.82, 2.24) is 9.21 Å². The number of likely N-dealkylation sites (N-methyl/N-ethyl adjacent to an activating group) is 1. The number of alkyl halides is 1. The fourth-order valence-corrected chi connectivity index (χ4v) is 4.47. The lowest BCUT2D eigenvalue weighted by molar-refractivity contribution is 0.105. The Morgan fingerprint density at radius 3 is 2.05 bits per heavy atom. The molecule has 0 saturated carbocycles. The highest BCUT2D eigenvalue weighted by atomic mass is 35.5. The van der Waals surface area contributed by atoms with Gasteiger partial charge in [-0.15, -0.1) is 11.6 Å². The van der Waals surface area contributed by atoms with Crippen LogP contribution < -0.4 is 0 Å². The Morgan fingerprint density at radius 2 is 1.57 bits per heavy atom. The van der Waals surface area contributed by atoms with E-state index < -0.39 is 10.0 Å². The molecule has 0 aromatic heterocycles. The van der Waals surface area contributed by atoms with E-state index in [9.17, 15) is 8.42 Å². The van der Waals surface area contributed by atoms with Crippen molar-refractivity contribution in [3.63, 3.8) is 0 Å². The van der Waals surface area contributed by atoms with Crippen molar-refractivity contribution in [2.24, 2.45) is 0 Å². The molecule has 6 heteroatoms. The van der Waals surface area contributed by atoms with Gasteiger partial charge in [0.2, 0.25) is 10.0 Å². The minimum absolute atomic E-state index is 0.0543. The largest absolute Gasteiger partial charge is 0.298 e. The van der Waals surface area contributed by atoms with Crippen LogP contribution >= 0.6 is 11.6 Å². The minimum Gasteiger partial charge on any atom is -0.298 e. The van der Waals surface area contributed by atoms with E-state index >= 15 is 0 Å². The van der Waals surface area contributed by atoms with Gasteiger partial charge in [-0.2, -0.15) is 4.31 Å². The average molecular weight is 331 g/mol. The summed E-state index contributed by atoms with van der Waals surface area (Å²) in [6.07, 6.45) is 0. The van der Waals surface area contributed by atoms with Gasteiger partial charge in [0.1, 0.15) is 0 Å². The number of sulfonamides is 1. The molecule has 1 saturated heterocycles. The van der Waals surface area contributed by atoms with E-state index in [1.165, 1.54) is 0 Å². The first-order chi connectivity index (χ1) is 9.83. The van der Waals surface area contributed by atoms with Gasteiger partial charge in [0.05, 0.1) is 5.75 Å². The molecule has 0 amide bonds. The van der Waals surface area contributed by atoms with Crippen molar-refractivity contribution >= 4 is 21.6 Å². The summed E-state index contributed by atoms with van der Waals surface area (Å²) >= 11 is 5.75. The summed E-state index contributed by atoms with van der Waals surface area (Å²) in [6, 6.07) is 7.93. The molecular weight excluding hydrogens is 308 g/mol. The maximum absolute atomic E-state index is 12.6. The molecule has 1 fully saturated rings. The zero-order chi connectivity index (χ0) is 15.6. The van der Waals surface area contributed by atoms with Crippen LogP contribution in [0.3, 0.4) is 0 Å². The Bertz CT molecular complexity index is 562. The number of halogens is 1. The highest BCUT2D eigenvalue weighted by molar-refractivity contribution is 7.88. The number of benzene rings is 1. The van der Waals surface area contributed by atoms with Crippen LogP contribution in [0.15, 0.2) is 24.3 Å². The van der Waals surface area contributed by atoms with E-state index in [0.717, 1.165) is 11.1 Å². The average Bonchev–Trinajstić information content (AvgIpc) is 2.44. The van der Waals surface area contributed by atoms with Gasteiger partial charge in [-0.1, -0.05) is 24.3 Å². The summed E-state index contributed by atoms with van der Waals surface area (Å²) in [5.41, 5.74) is 1.81. The number of hydrogen-bond acceptors (Lipinski definition) is 3. The molecule has 1 heterocycles. The molecule has 2 rings (SSSR count). The summed E-state index contributed by atoms with van der Waals surface area (Å²) in [4.78, 5) is 2.22. The molecule has 0 spiro atoms. The zero-order valence-corrected chi connectivity index (χ0v) is 14.4. The van der Waals surface area contributed by atoms with Crippen molar-refractivity contribution in [2.45, 2.75) is 37.6 Å².